The minimum absolute atomic E-state index is 0.0453. The molecule has 0 spiro atoms. The maximum absolute atomic E-state index is 11.7. The number of amidine groups is 1. The van der Waals surface area contributed by atoms with Crippen molar-refractivity contribution in [1.82, 2.24) is 0 Å². The number of nitrogens with two attached hydrogens (primary N) is 1. The zero-order valence-corrected chi connectivity index (χ0v) is 18.5. The molecule has 0 aliphatic carbocycles. The molecule has 0 aliphatic rings. The minimum atomic E-state index is -2.24. The molecule has 1 atom stereocenters. The molecule has 0 aromatic rings. The van der Waals surface area contributed by atoms with E-state index in [2.05, 4.69) is 41.3 Å². The van der Waals surface area contributed by atoms with E-state index < -0.39 is 32.1 Å². The van der Waals surface area contributed by atoms with Crippen LogP contribution in [0.5, 0.6) is 0 Å². The molecule has 0 aromatic carbocycles. The molecule has 0 bridgehead atoms. The van der Waals surface area contributed by atoms with Crippen LogP contribution in [-0.2, 0) is 33.1 Å². The second-order valence-corrected chi connectivity index (χ2v) is 12.0. The first-order valence-corrected chi connectivity index (χ1v) is 11.4. The fraction of sp³-hybridized carbons (Fsp3) is 0.611. The van der Waals surface area contributed by atoms with E-state index in [-0.39, 0.29) is 24.1 Å². The normalized spacial score (nSPS) is 14.1. The molecule has 0 amide bonds. The zero-order chi connectivity index (χ0) is 22.0. The van der Waals surface area contributed by atoms with Gasteiger partial charge < -0.3 is 29.2 Å². The van der Waals surface area contributed by atoms with Gasteiger partial charge in [0.15, 0.2) is 14.2 Å². The van der Waals surface area contributed by atoms with Crippen molar-refractivity contribution in [2.24, 2.45) is 10.9 Å². The highest BCUT2D eigenvalue weighted by Gasteiger charge is 2.40. The van der Waals surface area contributed by atoms with Crippen LogP contribution in [0.15, 0.2) is 17.0 Å². The summed E-state index contributed by atoms with van der Waals surface area (Å²) in [6.45, 7) is 10.4. The molecule has 9 nitrogen and oxygen atoms in total. The van der Waals surface area contributed by atoms with Gasteiger partial charge in [0.2, 0.25) is 5.76 Å². The maximum Gasteiger partial charge on any atom is 0.377 e. The Labute approximate surface area is 167 Å². The van der Waals surface area contributed by atoms with Crippen LogP contribution in [0.2, 0.25) is 18.1 Å². The lowest BCUT2D eigenvalue weighted by atomic mass is 10.2. The Bertz CT molecular complexity index is 645. The topological polar surface area (TPSA) is 119 Å². The van der Waals surface area contributed by atoms with E-state index in [9.17, 15) is 9.59 Å². The van der Waals surface area contributed by atoms with Gasteiger partial charge in [-0.2, -0.15) is 0 Å². The molecule has 0 saturated carbocycles. The lowest BCUT2D eigenvalue weighted by Gasteiger charge is -2.38. The molecular formula is C18H30N2O7Si. The fourth-order valence-electron chi connectivity index (χ4n) is 1.49. The molecule has 0 saturated heterocycles. The highest BCUT2D eigenvalue weighted by molar-refractivity contribution is 6.74. The first kappa shape index (κ1) is 25.6. The van der Waals surface area contributed by atoms with Crippen molar-refractivity contribution >= 4 is 26.1 Å². The highest BCUT2D eigenvalue weighted by Crippen LogP contribution is 2.37. The number of hydrogen-bond acceptors (Lipinski definition) is 8. The Morgan fingerprint density at radius 2 is 1.86 bits per heavy atom. The largest absolute Gasteiger partial charge is 0.466 e. The molecule has 0 heterocycles. The fourth-order valence-corrected chi connectivity index (χ4v) is 2.74. The number of carbonyl (C=O) groups is 2. The summed E-state index contributed by atoms with van der Waals surface area (Å²) in [7, 11) is 0.0397. The maximum atomic E-state index is 11.7. The highest BCUT2D eigenvalue weighted by atomic mass is 28.4. The summed E-state index contributed by atoms with van der Waals surface area (Å²) in [5.74, 6) is 0.0386. The van der Waals surface area contributed by atoms with Gasteiger partial charge in [-0.25, -0.2) is 9.59 Å². The summed E-state index contributed by atoms with van der Waals surface area (Å²) >= 11 is 0. The molecule has 10 heteroatoms. The Morgan fingerprint density at radius 1 is 1.25 bits per heavy atom. The number of oxime groups is 1. The molecule has 0 aromatic heterocycles. The van der Waals surface area contributed by atoms with Gasteiger partial charge in [-0.3, -0.25) is 0 Å². The molecule has 0 fully saturated rings. The molecule has 0 radical (unpaired) electrons. The van der Waals surface area contributed by atoms with Crippen molar-refractivity contribution in [3.8, 4) is 12.3 Å². The van der Waals surface area contributed by atoms with Gasteiger partial charge in [0.1, 0.15) is 12.7 Å². The summed E-state index contributed by atoms with van der Waals surface area (Å²) in [4.78, 5) is 28.1. The zero-order valence-electron chi connectivity index (χ0n) is 17.5. The smallest absolute Gasteiger partial charge is 0.377 e. The Kier molecular flexibility index (Phi) is 10.5. The Balaban J connectivity index is 5.56. The van der Waals surface area contributed by atoms with Crippen LogP contribution in [0.1, 0.15) is 20.8 Å². The van der Waals surface area contributed by atoms with E-state index in [1.165, 1.54) is 0 Å². The Hall–Kier alpha value is -2.35. The van der Waals surface area contributed by atoms with Crippen LogP contribution in [0, 0.1) is 12.3 Å². The van der Waals surface area contributed by atoms with Crippen molar-refractivity contribution in [2.75, 3.05) is 27.4 Å². The van der Waals surface area contributed by atoms with Crippen molar-refractivity contribution < 1.29 is 33.1 Å². The van der Waals surface area contributed by atoms with Gasteiger partial charge in [-0.1, -0.05) is 31.8 Å². The first-order chi connectivity index (χ1) is 12.9. The molecular weight excluding hydrogens is 384 g/mol. The van der Waals surface area contributed by atoms with Gasteiger partial charge in [0, 0.05) is 0 Å². The molecule has 0 rings (SSSR count). The summed E-state index contributed by atoms with van der Waals surface area (Å²) in [5.41, 5.74) is 6.00. The molecule has 0 aliphatic heterocycles. The SMILES string of the molecule is C#CCOCC(O[Si](C)(C)C(C)(C)C)/C(N)=N/O/C(=C/C(=O)OC)C(=O)OC. The minimum Gasteiger partial charge on any atom is -0.466 e. The number of methoxy groups -OCH3 is 2. The van der Waals surface area contributed by atoms with E-state index in [1.807, 2.05) is 13.1 Å². The average Bonchev–Trinajstić information content (AvgIpc) is 2.62. The van der Waals surface area contributed by atoms with E-state index in [1.54, 1.807) is 0 Å². The molecule has 158 valence electrons. The van der Waals surface area contributed by atoms with Crippen LogP contribution in [0.3, 0.4) is 0 Å². The van der Waals surface area contributed by atoms with Crippen LogP contribution in [0.25, 0.3) is 0 Å². The first-order valence-electron chi connectivity index (χ1n) is 8.47. The van der Waals surface area contributed by atoms with Gasteiger partial charge in [-0.15, -0.1) is 6.42 Å². The number of ether oxygens (including phenoxy) is 3. The summed E-state index contributed by atoms with van der Waals surface area (Å²) < 4.78 is 20.6. The lowest BCUT2D eigenvalue weighted by molar-refractivity contribution is -0.142. The average molecular weight is 415 g/mol. The van der Waals surface area contributed by atoms with Gasteiger partial charge >= 0.3 is 11.9 Å². The number of carbonyl (C=O) groups excluding carboxylic acids is 2. The lowest BCUT2D eigenvalue weighted by Crippen LogP contribution is -2.49. The van der Waals surface area contributed by atoms with Crippen molar-refractivity contribution in [3.05, 3.63) is 11.8 Å². The quantitative estimate of drug-likeness (QED) is 0.0658. The van der Waals surface area contributed by atoms with Gasteiger partial charge in [-0.05, 0) is 18.1 Å². The summed E-state index contributed by atoms with van der Waals surface area (Å²) in [6.07, 6.45) is 5.23. The van der Waals surface area contributed by atoms with Crippen molar-refractivity contribution in [2.45, 2.75) is 45.0 Å². The standard InChI is InChI=1S/C18H30N2O7Si/c1-9-10-25-12-14(27-28(7,8)18(2,3)4)16(19)20-26-13(17(22)24-6)11-15(21)23-5/h1,11,14H,10,12H2,2-8H3,(H2,19,20)/b13-11+. The molecule has 28 heavy (non-hydrogen) atoms. The molecule has 2 N–H and O–H groups in total. The Morgan fingerprint density at radius 3 is 2.32 bits per heavy atom. The third kappa shape index (κ3) is 8.56. The van der Waals surface area contributed by atoms with Crippen LogP contribution < -0.4 is 5.73 Å². The second-order valence-electron chi connectivity index (χ2n) is 7.22. The third-order valence-electron chi connectivity index (χ3n) is 4.11. The number of nitrogens with zero attached hydrogens (tertiary/aromatic N) is 1. The van der Waals surface area contributed by atoms with E-state index >= 15 is 0 Å². The van der Waals surface area contributed by atoms with Crippen LogP contribution in [0.4, 0.5) is 0 Å². The monoisotopic (exact) mass is 414 g/mol. The van der Waals surface area contributed by atoms with Crippen molar-refractivity contribution in [1.29, 1.82) is 0 Å². The van der Waals surface area contributed by atoms with Crippen LogP contribution in [-0.4, -0.2) is 59.6 Å². The van der Waals surface area contributed by atoms with Crippen molar-refractivity contribution in [3.63, 3.8) is 0 Å². The number of rotatable bonds is 10. The second kappa shape index (κ2) is 11.5. The summed E-state index contributed by atoms with van der Waals surface area (Å²) in [6, 6.07) is 0. The van der Waals surface area contributed by atoms with Crippen LogP contribution >= 0.6 is 0 Å². The number of terminal acetylenes is 1. The van der Waals surface area contributed by atoms with E-state index in [4.69, 9.17) is 26.2 Å². The predicted molar refractivity (Wildman–Crippen MR) is 107 cm³/mol. The summed E-state index contributed by atoms with van der Waals surface area (Å²) in [5, 5.41) is 3.61. The van der Waals surface area contributed by atoms with Gasteiger partial charge in [0.25, 0.3) is 0 Å². The number of esters is 2. The molecule has 1 unspecified atom stereocenters. The predicted octanol–water partition coefficient (Wildman–Crippen LogP) is 1.55. The van der Waals surface area contributed by atoms with Gasteiger partial charge in [0.05, 0.1) is 26.9 Å². The third-order valence-corrected chi connectivity index (χ3v) is 8.60. The number of hydrogen-bond donors (Lipinski definition) is 1. The van der Waals surface area contributed by atoms with E-state index in [0.29, 0.717) is 0 Å². The van der Waals surface area contributed by atoms with E-state index in [0.717, 1.165) is 20.3 Å².